The number of aliphatic hydroxyl groups is 2. The van der Waals surface area contributed by atoms with Crippen LogP contribution in [0.2, 0.25) is 0 Å². The highest BCUT2D eigenvalue weighted by Crippen LogP contribution is 2.06. The van der Waals surface area contributed by atoms with Crippen LogP contribution in [0.3, 0.4) is 0 Å². The van der Waals surface area contributed by atoms with Gasteiger partial charge in [0.25, 0.3) is 0 Å². The smallest absolute Gasteiger partial charge is 0.220 e. The van der Waals surface area contributed by atoms with E-state index in [4.69, 9.17) is 0 Å². The number of unbranched alkanes of at least 4 members (excludes halogenated alkanes) is 7. The zero-order valence-corrected chi connectivity index (χ0v) is 27.4. The average Bonchev–Trinajstić information content (AvgIpc) is 3.01. The predicted octanol–water partition coefficient (Wildman–Crippen LogP) is 9.95. The normalized spacial score (nSPS) is 14.4. The van der Waals surface area contributed by atoms with Crippen LogP contribution in [-0.4, -0.2) is 34.9 Å². The van der Waals surface area contributed by atoms with Crippen molar-refractivity contribution >= 4 is 5.91 Å². The molecule has 3 N–H and O–H groups in total. The summed E-state index contributed by atoms with van der Waals surface area (Å²) in [5.41, 5.74) is 0. The largest absolute Gasteiger partial charge is 0.394 e. The first-order chi connectivity index (χ1) is 21.2. The average molecular weight is 594 g/mol. The lowest BCUT2D eigenvalue weighted by molar-refractivity contribution is -0.122. The molecule has 0 rings (SSSR count). The number of hydrogen-bond donors (Lipinski definition) is 3. The molecule has 0 aromatic heterocycles. The molecule has 0 bridgehead atoms. The molecule has 2 unspecified atom stereocenters. The minimum atomic E-state index is -0.897. The van der Waals surface area contributed by atoms with Gasteiger partial charge in [0.15, 0.2) is 0 Å². The zero-order chi connectivity index (χ0) is 31.5. The first kappa shape index (κ1) is 40.3. The van der Waals surface area contributed by atoms with Crippen molar-refractivity contribution in [2.45, 2.75) is 135 Å². The van der Waals surface area contributed by atoms with E-state index in [0.29, 0.717) is 6.42 Å². The molecule has 0 heterocycles. The number of nitrogens with one attached hydrogen (secondary N) is 1. The van der Waals surface area contributed by atoms with Crippen molar-refractivity contribution in [3.8, 4) is 0 Å². The maximum atomic E-state index is 12.3. The second kappa shape index (κ2) is 33.8. The van der Waals surface area contributed by atoms with Gasteiger partial charge in [-0.15, -0.1) is 0 Å². The molecular formula is C39H63NO3. The quantitative estimate of drug-likeness (QED) is 0.0624. The van der Waals surface area contributed by atoms with Crippen LogP contribution in [0, 0.1) is 0 Å². The molecule has 0 aromatic rings. The molecule has 1 amide bonds. The van der Waals surface area contributed by atoms with E-state index in [1.54, 1.807) is 6.08 Å². The summed E-state index contributed by atoms with van der Waals surface area (Å²) in [5, 5.41) is 22.7. The molecule has 0 radical (unpaired) electrons. The molecule has 4 nitrogen and oxygen atoms in total. The Hall–Kier alpha value is -2.69. The SMILES string of the molecule is CC/C=C\C/C=C\C/C=C\C/C=C\C/C=C\CCCC(=O)NC(CO)C(O)/C=C/CC/C=C/CC/C=C/CCCCCC. The molecule has 0 saturated heterocycles. The second-order valence-electron chi connectivity index (χ2n) is 10.8. The second-order valence-corrected chi connectivity index (χ2v) is 10.8. The van der Waals surface area contributed by atoms with Gasteiger partial charge in [0.05, 0.1) is 18.8 Å². The number of amides is 1. The third kappa shape index (κ3) is 30.6. The minimum absolute atomic E-state index is 0.142. The van der Waals surface area contributed by atoms with Gasteiger partial charge in [-0.25, -0.2) is 0 Å². The molecule has 4 heteroatoms. The van der Waals surface area contributed by atoms with E-state index in [-0.39, 0.29) is 12.5 Å². The van der Waals surface area contributed by atoms with Crippen molar-refractivity contribution in [2.24, 2.45) is 0 Å². The molecule has 0 aliphatic heterocycles. The maximum absolute atomic E-state index is 12.3. The van der Waals surface area contributed by atoms with Gasteiger partial charge in [-0.2, -0.15) is 0 Å². The van der Waals surface area contributed by atoms with Gasteiger partial charge in [-0.1, -0.05) is 130 Å². The fourth-order valence-electron chi connectivity index (χ4n) is 4.18. The molecule has 242 valence electrons. The van der Waals surface area contributed by atoms with Gasteiger partial charge in [0, 0.05) is 6.42 Å². The van der Waals surface area contributed by atoms with Crippen molar-refractivity contribution in [3.63, 3.8) is 0 Å². The summed E-state index contributed by atoms with van der Waals surface area (Å²) in [5.74, 6) is -0.142. The Balaban J connectivity index is 3.90. The van der Waals surface area contributed by atoms with Crippen LogP contribution < -0.4 is 5.32 Å². The van der Waals surface area contributed by atoms with Gasteiger partial charge >= 0.3 is 0 Å². The third-order valence-corrected chi connectivity index (χ3v) is 6.78. The Bertz CT molecular complexity index is 860. The maximum Gasteiger partial charge on any atom is 0.220 e. The van der Waals surface area contributed by atoms with Crippen LogP contribution in [0.25, 0.3) is 0 Å². The van der Waals surface area contributed by atoms with Gasteiger partial charge in [0.1, 0.15) is 0 Å². The van der Waals surface area contributed by atoms with Crippen LogP contribution in [-0.2, 0) is 4.79 Å². The number of carbonyl (C=O) groups is 1. The van der Waals surface area contributed by atoms with Crippen LogP contribution in [0.4, 0.5) is 0 Å². The summed E-state index contributed by atoms with van der Waals surface area (Å²) >= 11 is 0. The Labute approximate surface area is 264 Å². The van der Waals surface area contributed by atoms with E-state index < -0.39 is 12.1 Å². The topological polar surface area (TPSA) is 69.6 Å². The summed E-state index contributed by atoms with van der Waals surface area (Å²) in [6, 6.07) is -0.679. The zero-order valence-electron chi connectivity index (χ0n) is 27.4. The lowest BCUT2D eigenvalue weighted by Gasteiger charge is -2.19. The lowest BCUT2D eigenvalue weighted by Crippen LogP contribution is -2.45. The lowest BCUT2D eigenvalue weighted by atomic mass is 10.1. The molecule has 0 fully saturated rings. The van der Waals surface area contributed by atoms with Gasteiger partial charge in [-0.05, 0) is 83.5 Å². The van der Waals surface area contributed by atoms with Gasteiger partial charge in [0.2, 0.25) is 5.91 Å². The summed E-state index contributed by atoms with van der Waals surface area (Å²) < 4.78 is 0. The van der Waals surface area contributed by atoms with Crippen LogP contribution in [0.5, 0.6) is 0 Å². The number of aliphatic hydroxyl groups excluding tert-OH is 2. The highest BCUT2D eigenvalue weighted by Gasteiger charge is 2.17. The van der Waals surface area contributed by atoms with Crippen molar-refractivity contribution in [1.82, 2.24) is 5.32 Å². The van der Waals surface area contributed by atoms with E-state index in [2.05, 4.69) is 104 Å². The first-order valence-electron chi connectivity index (χ1n) is 17.0. The standard InChI is InChI=1S/C39H63NO3/c1-3-5-7-9-11-13-15-17-19-20-21-23-25-27-29-31-33-35-39(43)40-37(36-41)38(42)34-32-30-28-26-24-22-18-16-14-12-10-8-6-4-2/h5,7,11,13-14,16-17,19,21,23-24,26-27,29,32,34,37-38,41-42H,3-4,6,8-10,12,15,18,20,22,25,28,30-31,33,35-36H2,1-2H3,(H,40,43)/b7-5-,13-11-,16-14+,19-17-,23-21-,26-24+,29-27-,34-32+. The molecule has 0 aromatic carbocycles. The summed E-state index contributed by atoms with van der Waals surface area (Å²) in [4.78, 5) is 12.3. The number of carbonyl (C=O) groups excluding carboxylic acids is 1. The monoisotopic (exact) mass is 593 g/mol. The van der Waals surface area contributed by atoms with E-state index >= 15 is 0 Å². The molecule has 0 aliphatic rings. The number of hydrogen-bond acceptors (Lipinski definition) is 3. The van der Waals surface area contributed by atoms with E-state index in [9.17, 15) is 15.0 Å². The van der Waals surface area contributed by atoms with Crippen molar-refractivity contribution in [3.05, 3.63) is 97.2 Å². The van der Waals surface area contributed by atoms with Gasteiger partial charge in [-0.3, -0.25) is 4.79 Å². The third-order valence-electron chi connectivity index (χ3n) is 6.78. The van der Waals surface area contributed by atoms with E-state index in [1.165, 1.54) is 32.1 Å². The first-order valence-corrected chi connectivity index (χ1v) is 17.0. The Morgan fingerprint density at radius 3 is 1.58 bits per heavy atom. The fourth-order valence-corrected chi connectivity index (χ4v) is 4.18. The molecule has 2 atom stereocenters. The Morgan fingerprint density at radius 2 is 1.05 bits per heavy atom. The highest BCUT2D eigenvalue weighted by atomic mass is 16.3. The predicted molar refractivity (Wildman–Crippen MR) is 188 cm³/mol. The summed E-state index contributed by atoms with van der Waals surface area (Å²) in [6.45, 7) is 4.09. The highest BCUT2D eigenvalue weighted by molar-refractivity contribution is 5.76. The summed E-state index contributed by atoms with van der Waals surface area (Å²) in [6.07, 6.45) is 50.6. The minimum Gasteiger partial charge on any atom is -0.394 e. The van der Waals surface area contributed by atoms with Gasteiger partial charge < -0.3 is 15.5 Å². The molecule has 43 heavy (non-hydrogen) atoms. The van der Waals surface area contributed by atoms with Crippen LogP contribution in [0.1, 0.15) is 123 Å². The molecular weight excluding hydrogens is 530 g/mol. The molecule has 0 spiro atoms. The van der Waals surface area contributed by atoms with Crippen molar-refractivity contribution in [1.29, 1.82) is 0 Å². The number of allylic oxidation sites excluding steroid dienone is 15. The Morgan fingerprint density at radius 1 is 0.581 bits per heavy atom. The summed E-state index contributed by atoms with van der Waals surface area (Å²) in [7, 11) is 0. The van der Waals surface area contributed by atoms with Crippen molar-refractivity contribution in [2.75, 3.05) is 6.61 Å². The van der Waals surface area contributed by atoms with E-state index in [0.717, 1.165) is 70.6 Å². The van der Waals surface area contributed by atoms with E-state index in [1.807, 2.05) is 6.08 Å². The molecule has 0 saturated carbocycles. The molecule has 0 aliphatic carbocycles. The van der Waals surface area contributed by atoms with Crippen LogP contribution >= 0.6 is 0 Å². The van der Waals surface area contributed by atoms with Crippen molar-refractivity contribution < 1.29 is 15.0 Å². The Kier molecular flexibility index (Phi) is 31.7. The van der Waals surface area contributed by atoms with Crippen LogP contribution in [0.15, 0.2) is 97.2 Å². The number of rotatable bonds is 28. The fraction of sp³-hybridized carbons (Fsp3) is 0.564.